The highest BCUT2D eigenvalue weighted by Crippen LogP contribution is 2.47. The lowest BCUT2D eigenvalue weighted by atomic mass is 10.0. The maximum absolute atomic E-state index is 12.0. The Morgan fingerprint density at radius 3 is 2.18 bits per heavy atom. The molecule has 0 amide bonds. The third-order valence-corrected chi connectivity index (χ3v) is 3.54. The maximum atomic E-state index is 12.0. The molecule has 4 N–H and O–H groups in total. The maximum Gasteiger partial charge on any atom is 0.348 e. The Kier molecular flexibility index (Phi) is 2.02. The second kappa shape index (κ2) is 3.61. The Bertz CT molecular complexity index is 1200. The molecule has 0 bridgehead atoms. The highest BCUT2D eigenvalue weighted by molar-refractivity contribution is 6.22. The molecule has 0 radical (unpaired) electrons. The Hall–Kier alpha value is -3.42. The number of hydrogen-bond donors (Lipinski definition) is 4. The molecule has 4 rings (SSSR count). The molecule has 8 heteroatoms. The van der Waals surface area contributed by atoms with Crippen LogP contribution in [0.5, 0.6) is 23.0 Å². The molecule has 0 aliphatic heterocycles. The normalized spacial score (nSPS) is 11.8. The zero-order valence-electron chi connectivity index (χ0n) is 10.6. The van der Waals surface area contributed by atoms with E-state index in [1.165, 1.54) is 0 Å². The summed E-state index contributed by atoms with van der Waals surface area (Å²) in [4.78, 5) is 24.0. The van der Waals surface area contributed by atoms with Gasteiger partial charge in [-0.3, -0.25) is 0 Å². The number of aromatic hydroxyl groups is 4. The number of phenols is 4. The van der Waals surface area contributed by atoms with Crippen molar-refractivity contribution in [1.29, 1.82) is 0 Å². The van der Waals surface area contributed by atoms with Crippen LogP contribution in [0.4, 0.5) is 0 Å². The van der Waals surface area contributed by atoms with E-state index >= 15 is 0 Å². The van der Waals surface area contributed by atoms with Gasteiger partial charge >= 0.3 is 11.3 Å². The van der Waals surface area contributed by atoms with Crippen LogP contribution in [-0.4, -0.2) is 20.4 Å². The lowest BCUT2D eigenvalue weighted by Gasteiger charge is -2.11. The molecule has 0 spiro atoms. The van der Waals surface area contributed by atoms with Crippen LogP contribution < -0.4 is 11.3 Å². The van der Waals surface area contributed by atoms with Crippen LogP contribution in [0.2, 0.25) is 0 Å². The summed E-state index contributed by atoms with van der Waals surface area (Å²) in [7, 11) is 0. The molecule has 0 aliphatic carbocycles. The van der Waals surface area contributed by atoms with Gasteiger partial charge in [0.1, 0.15) is 16.7 Å². The molecule has 0 saturated heterocycles. The van der Waals surface area contributed by atoms with E-state index in [2.05, 4.69) is 0 Å². The van der Waals surface area contributed by atoms with Crippen molar-refractivity contribution in [3.05, 3.63) is 33.0 Å². The quantitative estimate of drug-likeness (QED) is 0.216. The first-order valence-electron chi connectivity index (χ1n) is 6.02. The van der Waals surface area contributed by atoms with Gasteiger partial charge in [0.25, 0.3) is 0 Å². The van der Waals surface area contributed by atoms with E-state index in [0.717, 1.165) is 12.1 Å². The summed E-state index contributed by atoms with van der Waals surface area (Å²) in [6.45, 7) is 0. The van der Waals surface area contributed by atoms with E-state index in [4.69, 9.17) is 8.83 Å². The third-order valence-electron chi connectivity index (χ3n) is 3.54. The van der Waals surface area contributed by atoms with Gasteiger partial charge in [0.15, 0.2) is 11.3 Å². The SMILES string of the molecule is O=c1oc2c(O)c(O)c(O)c3c(=O)oc4cc(O)cc1c4c23. The number of phenolic OH excluding ortho intramolecular Hbond substituents is 4. The summed E-state index contributed by atoms with van der Waals surface area (Å²) in [5.41, 5.74) is -2.50. The van der Waals surface area contributed by atoms with Gasteiger partial charge in [0.05, 0.1) is 10.8 Å². The van der Waals surface area contributed by atoms with Gasteiger partial charge in [-0.2, -0.15) is 0 Å². The summed E-state index contributed by atoms with van der Waals surface area (Å²) in [5, 5.41) is 38.5. The Labute approximate surface area is 119 Å². The first kappa shape index (κ1) is 12.3. The van der Waals surface area contributed by atoms with Crippen LogP contribution in [-0.2, 0) is 0 Å². The molecular formula is C14H6O8. The minimum absolute atomic E-state index is 0.0753. The molecule has 0 saturated carbocycles. The van der Waals surface area contributed by atoms with E-state index in [1.807, 2.05) is 0 Å². The van der Waals surface area contributed by atoms with E-state index in [1.54, 1.807) is 0 Å². The van der Waals surface area contributed by atoms with E-state index in [9.17, 15) is 30.0 Å². The number of benzene rings is 2. The van der Waals surface area contributed by atoms with Gasteiger partial charge in [-0.05, 0) is 6.07 Å². The van der Waals surface area contributed by atoms with Crippen molar-refractivity contribution in [3.63, 3.8) is 0 Å². The summed E-state index contributed by atoms with van der Waals surface area (Å²) < 4.78 is 9.89. The first-order chi connectivity index (χ1) is 10.4. The molecule has 0 atom stereocenters. The van der Waals surface area contributed by atoms with Crippen LogP contribution in [0.25, 0.3) is 32.7 Å². The van der Waals surface area contributed by atoms with Gasteiger partial charge in [0.2, 0.25) is 11.5 Å². The van der Waals surface area contributed by atoms with Crippen LogP contribution in [0.15, 0.2) is 30.6 Å². The fraction of sp³-hybridized carbons (Fsp3) is 0. The summed E-state index contributed by atoms with van der Waals surface area (Å²) >= 11 is 0. The molecule has 0 aliphatic rings. The molecule has 2 aromatic carbocycles. The molecule has 4 aromatic rings. The van der Waals surface area contributed by atoms with Gasteiger partial charge < -0.3 is 29.3 Å². The molecular weight excluding hydrogens is 296 g/mol. The minimum atomic E-state index is -1.02. The van der Waals surface area contributed by atoms with Gasteiger partial charge in [-0.25, -0.2) is 9.59 Å². The largest absolute Gasteiger partial charge is 0.508 e. The second-order valence-electron chi connectivity index (χ2n) is 4.77. The molecule has 110 valence electrons. The molecule has 2 heterocycles. The predicted octanol–water partition coefficient (Wildman–Crippen LogP) is 1.31. The van der Waals surface area contributed by atoms with E-state index < -0.39 is 39.5 Å². The minimum Gasteiger partial charge on any atom is -0.508 e. The summed E-state index contributed by atoms with van der Waals surface area (Å²) in [6.07, 6.45) is 0. The van der Waals surface area contributed by atoms with Gasteiger partial charge in [-0.15, -0.1) is 0 Å². The Balaban J connectivity index is 2.56. The highest BCUT2D eigenvalue weighted by Gasteiger charge is 2.26. The molecule has 8 nitrogen and oxygen atoms in total. The smallest absolute Gasteiger partial charge is 0.348 e. The van der Waals surface area contributed by atoms with Crippen molar-refractivity contribution < 1.29 is 29.3 Å². The van der Waals surface area contributed by atoms with Crippen LogP contribution in [0.1, 0.15) is 0 Å². The van der Waals surface area contributed by atoms with Crippen LogP contribution in [0, 0.1) is 0 Å². The lowest BCUT2D eigenvalue weighted by Crippen LogP contribution is -2.06. The van der Waals surface area contributed by atoms with Crippen LogP contribution >= 0.6 is 0 Å². The molecule has 0 fully saturated rings. The zero-order chi connectivity index (χ0) is 15.8. The summed E-state index contributed by atoms with van der Waals surface area (Å²) in [5.74, 6) is -3.07. The zero-order valence-corrected chi connectivity index (χ0v) is 10.6. The Morgan fingerprint density at radius 1 is 0.727 bits per heavy atom. The molecule has 0 unspecified atom stereocenters. The van der Waals surface area contributed by atoms with Crippen molar-refractivity contribution in [2.45, 2.75) is 0 Å². The van der Waals surface area contributed by atoms with Gasteiger partial charge in [0, 0.05) is 11.5 Å². The second-order valence-corrected chi connectivity index (χ2v) is 4.77. The third kappa shape index (κ3) is 1.26. The monoisotopic (exact) mass is 302 g/mol. The van der Waals surface area contributed by atoms with Crippen molar-refractivity contribution in [2.75, 3.05) is 0 Å². The standard InChI is InChI=1S/C14H6O8/c15-3-1-4-6-5(2-3)21-14(20)8-7(6)12(22-13(4)19)11(18)10(17)9(8)16/h1-2,15-18H. The van der Waals surface area contributed by atoms with Crippen molar-refractivity contribution in [2.24, 2.45) is 0 Å². The molecule has 22 heavy (non-hydrogen) atoms. The van der Waals surface area contributed by atoms with Crippen molar-refractivity contribution >= 4 is 32.7 Å². The summed E-state index contributed by atoms with van der Waals surface area (Å²) in [6, 6.07) is 2.22. The topological polar surface area (TPSA) is 141 Å². The van der Waals surface area contributed by atoms with Crippen molar-refractivity contribution in [1.82, 2.24) is 0 Å². The number of hydrogen-bond acceptors (Lipinski definition) is 8. The fourth-order valence-corrected chi connectivity index (χ4v) is 2.62. The Morgan fingerprint density at radius 2 is 1.45 bits per heavy atom. The molecule has 2 aromatic heterocycles. The predicted molar refractivity (Wildman–Crippen MR) is 73.9 cm³/mol. The van der Waals surface area contributed by atoms with E-state index in [0.29, 0.717) is 0 Å². The first-order valence-corrected chi connectivity index (χ1v) is 6.02. The average Bonchev–Trinajstić information content (AvgIpc) is 2.46. The number of rotatable bonds is 0. The highest BCUT2D eigenvalue weighted by atomic mass is 16.4. The average molecular weight is 302 g/mol. The van der Waals surface area contributed by atoms with E-state index in [-0.39, 0.29) is 27.5 Å². The van der Waals surface area contributed by atoms with Gasteiger partial charge in [-0.1, -0.05) is 0 Å². The van der Waals surface area contributed by atoms with Crippen molar-refractivity contribution in [3.8, 4) is 23.0 Å². The fourth-order valence-electron chi connectivity index (χ4n) is 2.62. The lowest BCUT2D eigenvalue weighted by molar-refractivity contribution is 0.367. The van der Waals surface area contributed by atoms with Crippen LogP contribution in [0.3, 0.4) is 0 Å².